The number of benzene rings is 1. The largest absolute Gasteiger partial charge is 0.120 e. The minimum absolute atomic E-state index is 0.808. The molecule has 0 N–H and O–H groups in total. The molecule has 0 aliphatic heterocycles. The van der Waals surface area contributed by atoms with Crippen LogP contribution >= 0.6 is 15.9 Å². The Morgan fingerprint density at radius 2 is 2.25 bits per heavy atom. The molecule has 0 aliphatic carbocycles. The van der Waals surface area contributed by atoms with Gasteiger partial charge in [0.2, 0.25) is 0 Å². The summed E-state index contributed by atoms with van der Waals surface area (Å²) in [7, 11) is 0. The molecule has 0 saturated carbocycles. The van der Waals surface area contributed by atoms with Crippen LogP contribution in [-0.2, 0) is 6.42 Å². The standard InChI is InChI=1S/C11H11Br/c1-3-4-5-10-8-9(2)6-7-11(10)12/h1,6-8H,4-5H2,2H3. The van der Waals surface area contributed by atoms with Crippen molar-refractivity contribution in [2.45, 2.75) is 19.8 Å². The average Bonchev–Trinajstić information content (AvgIpc) is 2.07. The predicted octanol–water partition coefficient (Wildman–Crippen LogP) is 3.32. The number of rotatable bonds is 2. The van der Waals surface area contributed by atoms with Crippen LogP contribution in [0.25, 0.3) is 0 Å². The lowest BCUT2D eigenvalue weighted by Crippen LogP contribution is -1.86. The fraction of sp³-hybridized carbons (Fsp3) is 0.273. The Morgan fingerprint density at radius 3 is 2.92 bits per heavy atom. The third kappa shape index (κ3) is 2.39. The summed E-state index contributed by atoms with van der Waals surface area (Å²) < 4.78 is 1.16. The molecule has 0 spiro atoms. The van der Waals surface area contributed by atoms with E-state index < -0.39 is 0 Å². The molecule has 0 unspecified atom stereocenters. The minimum atomic E-state index is 0.808. The maximum absolute atomic E-state index is 5.20. The van der Waals surface area contributed by atoms with E-state index in [-0.39, 0.29) is 0 Å². The van der Waals surface area contributed by atoms with E-state index in [0.717, 1.165) is 17.3 Å². The highest BCUT2D eigenvalue weighted by molar-refractivity contribution is 9.10. The zero-order valence-corrected chi connectivity index (χ0v) is 8.69. The lowest BCUT2D eigenvalue weighted by atomic mass is 10.1. The van der Waals surface area contributed by atoms with Crippen molar-refractivity contribution in [1.29, 1.82) is 0 Å². The monoisotopic (exact) mass is 222 g/mol. The van der Waals surface area contributed by atoms with Gasteiger partial charge in [-0.15, -0.1) is 12.3 Å². The summed E-state index contributed by atoms with van der Waals surface area (Å²) in [6.07, 6.45) is 6.96. The van der Waals surface area contributed by atoms with E-state index in [1.54, 1.807) is 0 Å². The zero-order chi connectivity index (χ0) is 8.97. The molecule has 0 atom stereocenters. The summed E-state index contributed by atoms with van der Waals surface area (Å²) in [5.41, 5.74) is 2.58. The quantitative estimate of drug-likeness (QED) is 0.674. The van der Waals surface area contributed by atoms with Gasteiger partial charge < -0.3 is 0 Å². The van der Waals surface area contributed by atoms with E-state index >= 15 is 0 Å². The Kier molecular flexibility index (Phi) is 3.37. The van der Waals surface area contributed by atoms with E-state index in [9.17, 15) is 0 Å². The van der Waals surface area contributed by atoms with Crippen LogP contribution in [0, 0.1) is 19.3 Å². The van der Waals surface area contributed by atoms with Crippen molar-refractivity contribution in [3.63, 3.8) is 0 Å². The molecule has 0 heterocycles. The van der Waals surface area contributed by atoms with E-state index in [1.807, 2.05) is 0 Å². The van der Waals surface area contributed by atoms with Gasteiger partial charge in [-0.3, -0.25) is 0 Å². The molecular formula is C11H11Br. The van der Waals surface area contributed by atoms with Gasteiger partial charge in [0.15, 0.2) is 0 Å². The highest BCUT2D eigenvalue weighted by Crippen LogP contribution is 2.19. The van der Waals surface area contributed by atoms with E-state index in [2.05, 4.69) is 47.0 Å². The smallest absolute Gasteiger partial charge is 0.0207 e. The second-order valence-corrected chi connectivity index (χ2v) is 3.65. The minimum Gasteiger partial charge on any atom is -0.120 e. The summed E-state index contributed by atoms with van der Waals surface area (Å²) in [6, 6.07) is 6.33. The summed E-state index contributed by atoms with van der Waals surface area (Å²) in [5.74, 6) is 2.64. The fourth-order valence-corrected chi connectivity index (χ4v) is 1.55. The maximum atomic E-state index is 5.20. The van der Waals surface area contributed by atoms with Gasteiger partial charge >= 0.3 is 0 Å². The lowest BCUT2D eigenvalue weighted by Gasteiger charge is -2.02. The number of hydrogen-bond donors (Lipinski definition) is 0. The second kappa shape index (κ2) is 4.33. The number of halogens is 1. The number of aryl methyl sites for hydroxylation is 2. The van der Waals surface area contributed by atoms with Crippen LogP contribution in [0.3, 0.4) is 0 Å². The summed E-state index contributed by atoms with van der Waals surface area (Å²) in [5, 5.41) is 0. The molecule has 1 heteroatoms. The molecule has 0 fully saturated rings. The van der Waals surface area contributed by atoms with Gasteiger partial charge in [-0.1, -0.05) is 33.6 Å². The third-order valence-corrected chi connectivity index (χ3v) is 2.51. The van der Waals surface area contributed by atoms with Crippen molar-refractivity contribution in [3.05, 3.63) is 33.8 Å². The zero-order valence-electron chi connectivity index (χ0n) is 7.10. The molecule has 0 amide bonds. The second-order valence-electron chi connectivity index (χ2n) is 2.80. The van der Waals surface area contributed by atoms with Crippen molar-refractivity contribution in [2.24, 2.45) is 0 Å². The first-order valence-electron chi connectivity index (χ1n) is 3.92. The summed E-state index contributed by atoms with van der Waals surface area (Å²) in [6.45, 7) is 2.09. The molecule has 0 radical (unpaired) electrons. The van der Waals surface area contributed by atoms with Crippen molar-refractivity contribution in [1.82, 2.24) is 0 Å². The van der Waals surface area contributed by atoms with Gasteiger partial charge in [-0.2, -0.15) is 0 Å². The Balaban J connectivity index is 2.84. The first-order chi connectivity index (χ1) is 5.74. The van der Waals surface area contributed by atoms with Crippen molar-refractivity contribution in [3.8, 4) is 12.3 Å². The first kappa shape index (κ1) is 9.35. The predicted molar refractivity (Wildman–Crippen MR) is 56.0 cm³/mol. The number of terminal acetylenes is 1. The highest BCUT2D eigenvalue weighted by atomic mass is 79.9. The van der Waals surface area contributed by atoms with Crippen molar-refractivity contribution in [2.75, 3.05) is 0 Å². The van der Waals surface area contributed by atoms with Crippen molar-refractivity contribution < 1.29 is 0 Å². The van der Waals surface area contributed by atoms with Crippen LogP contribution in [0.5, 0.6) is 0 Å². The average molecular weight is 223 g/mol. The summed E-state index contributed by atoms with van der Waals surface area (Å²) >= 11 is 3.49. The molecule has 0 nitrogen and oxygen atoms in total. The van der Waals surface area contributed by atoms with Crippen LogP contribution in [-0.4, -0.2) is 0 Å². The molecule has 1 rings (SSSR count). The van der Waals surface area contributed by atoms with Crippen LogP contribution in [0.1, 0.15) is 17.5 Å². The molecule has 0 bridgehead atoms. The Labute approximate surface area is 82.1 Å². The van der Waals surface area contributed by atoms with Crippen LogP contribution in [0.15, 0.2) is 22.7 Å². The Bertz CT molecular complexity index is 307. The van der Waals surface area contributed by atoms with E-state index in [4.69, 9.17) is 6.42 Å². The Morgan fingerprint density at radius 1 is 1.50 bits per heavy atom. The first-order valence-corrected chi connectivity index (χ1v) is 4.72. The normalized spacial score (nSPS) is 9.42. The SMILES string of the molecule is C#CCCc1cc(C)ccc1Br. The van der Waals surface area contributed by atoms with E-state index in [0.29, 0.717) is 0 Å². The molecule has 12 heavy (non-hydrogen) atoms. The molecular weight excluding hydrogens is 212 g/mol. The molecule has 0 saturated heterocycles. The summed E-state index contributed by atoms with van der Waals surface area (Å²) in [4.78, 5) is 0. The van der Waals surface area contributed by atoms with Crippen LogP contribution in [0.2, 0.25) is 0 Å². The topological polar surface area (TPSA) is 0 Å². The van der Waals surface area contributed by atoms with Gasteiger partial charge in [0.25, 0.3) is 0 Å². The maximum Gasteiger partial charge on any atom is 0.0207 e. The van der Waals surface area contributed by atoms with Gasteiger partial charge in [-0.05, 0) is 25.0 Å². The third-order valence-electron chi connectivity index (χ3n) is 1.74. The number of hydrogen-bond acceptors (Lipinski definition) is 0. The Hall–Kier alpha value is -0.740. The van der Waals surface area contributed by atoms with Crippen LogP contribution < -0.4 is 0 Å². The van der Waals surface area contributed by atoms with Gasteiger partial charge in [0.05, 0.1) is 0 Å². The van der Waals surface area contributed by atoms with Gasteiger partial charge in [0, 0.05) is 10.9 Å². The van der Waals surface area contributed by atoms with Gasteiger partial charge in [-0.25, -0.2) is 0 Å². The molecule has 1 aromatic carbocycles. The lowest BCUT2D eigenvalue weighted by molar-refractivity contribution is 1.02. The molecule has 0 aliphatic rings. The van der Waals surface area contributed by atoms with E-state index in [1.165, 1.54) is 11.1 Å². The van der Waals surface area contributed by atoms with Crippen LogP contribution in [0.4, 0.5) is 0 Å². The highest BCUT2D eigenvalue weighted by Gasteiger charge is 1.98. The molecule has 1 aromatic rings. The van der Waals surface area contributed by atoms with Gasteiger partial charge in [0.1, 0.15) is 0 Å². The fourth-order valence-electron chi connectivity index (χ4n) is 1.10. The van der Waals surface area contributed by atoms with Crippen molar-refractivity contribution >= 4 is 15.9 Å². The molecule has 0 aromatic heterocycles. The molecule has 62 valence electrons.